The van der Waals surface area contributed by atoms with Crippen LogP contribution in [0.2, 0.25) is 0 Å². The molecule has 4 heteroatoms. The maximum absolute atomic E-state index is 12.4. The van der Waals surface area contributed by atoms with Crippen LogP contribution in [-0.2, 0) is 0 Å². The minimum atomic E-state index is 0.00970. The van der Waals surface area contributed by atoms with Crippen molar-refractivity contribution >= 4 is 27.6 Å². The molecule has 0 aliphatic heterocycles. The maximum atomic E-state index is 12.4. The Morgan fingerprint density at radius 1 is 1.16 bits per heavy atom. The van der Waals surface area contributed by atoms with Crippen molar-refractivity contribution in [1.29, 1.82) is 0 Å². The first kappa shape index (κ1) is 14.1. The lowest BCUT2D eigenvalue weighted by atomic mass is 10.0. The zero-order valence-electron chi connectivity index (χ0n) is 11.4. The van der Waals surface area contributed by atoms with Gasteiger partial charge in [-0.3, -0.25) is 4.90 Å². The average Bonchev–Trinajstić information content (AvgIpc) is 2.42. The Labute approximate surface area is 123 Å². The second-order valence-electron chi connectivity index (χ2n) is 4.93. The van der Waals surface area contributed by atoms with Crippen LogP contribution in [0.5, 0.6) is 0 Å². The lowest BCUT2D eigenvalue weighted by Gasteiger charge is -2.30. The normalized spacial score (nSPS) is 14.8. The molecule has 0 bridgehead atoms. The van der Waals surface area contributed by atoms with Gasteiger partial charge < -0.3 is 4.90 Å². The number of benzene rings is 1. The molecule has 0 atom stereocenters. The van der Waals surface area contributed by atoms with Gasteiger partial charge in [0.25, 0.3) is 0 Å². The van der Waals surface area contributed by atoms with E-state index in [1.54, 1.807) is 19.0 Å². The van der Waals surface area contributed by atoms with Crippen LogP contribution in [0.25, 0.3) is 0 Å². The van der Waals surface area contributed by atoms with Crippen molar-refractivity contribution in [3.63, 3.8) is 0 Å². The highest BCUT2D eigenvalue weighted by atomic mass is 79.9. The average molecular weight is 323 g/mol. The molecule has 19 heavy (non-hydrogen) atoms. The van der Waals surface area contributed by atoms with Gasteiger partial charge in [-0.25, -0.2) is 4.79 Å². The van der Waals surface area contributed by atoms with Crippen molar-refractivity contribution in [2.75, 3.05) is 19.0 Å². The monoisotopic (exact) mass is 322 g/mol. The number of rotatable bonds is 2. The molecule has 102 valence electrons. The van der Waals surface area contributed by atoms with E-state index >= 15 is 0 Å². The summed E-state index contributed by atoms with van der Waals surface area (Å²) in [6.45, 7) is 0. The number of halogens is 1. The molecule has 0 unspecified atom stereocenters. The summed E-state index contributed by atoms with van der Waals surface area (Å²) in [7, 11) is 3.58. The summed E-state index contributed by atoms with van der Waals surface area (Å²) in [6.07, 6.45) is 6.58. The fraction of sp³-hybridized carbons (Fsp3) is 0.400. The van der Waals surface area contributed by atoms with Gasteiger partial charge in [0.2, 0.25) is 0 Å². The van der Waals surface area contributed by atoms with Crippen molar-refractivity contribution in [3.8, 4) is 0 Å². The highest BCUT2D eigenvalue weighted by Gasteiger charge is 2.22. The van der Waals surface area contributed by atoms with E-state index in [1.165, 1.54) is 6.42 Å². The molecule has 0 aromatic heterocycles. The fourth-order valence-electron chi connectivity index (χ4n) is 2.21. The van der Waals surface area contributed by atoms with E-state index < -0.39 is 0 Å². The summed E-state index contributed by atoms with van der Waals surface area (Å²) in [5.41, 5.74) is 2.04. The van der Waals surface area contributed by atoms with Gasteiger partial charge in [0.1, 0.15) is 0 Å². The molecule has 0 radical (unpaired) electrons. The van der Waals surface area contributed by atoms with Gasteiger partial charge in [0, 0.05) is 24.3 Å². The van der Waals surface area contributed by atoms with Gasteiger partial charge >= 0.3 is 6.03 Å². The molecule has 0 N–H and O–H groups in total. The molecular formula is C15H19BrN2O. The predicted molar refractivity (Wildman–Crippen MR) is 82.3 cm³/mol. The second-order valence-corrected chi connectivity index (χ2v) is 5.85. The van der Waals surface area contributed by atoms with E-state index in [-0.39, 0.29) is 6.03 Å². The summed E-state index contributed by atoms with van der Waals surface area (Å²) in [5, 5.41) is 0. The number of hydrogen-bond acceptors (Lipinski definition) is 1. The minimum absolute atomic E-state index is 0.00970. The third-order valence-electron chi connectivity index (χ3n) is 3.21. The molecule has 2 amide bonds. The second kappa shape index (κ2) is 6.24. The Kier molecular flexibility index (Phi) is 4.64. The quantitative estimate of drug-likeness (QED) is 0.791. The first-order valence-corrected chi connectivity index (χ1v) is 7.35. The number of carbonyl (C=O) groups is 1. The Hall–Kier alpha value is -1.29. The van der Waals surface area contributed by atoms with Crippen LogP contribution in [0.15, 0.2) is 40.5 Å². The minimum Gasteiger partial charge on any atom is -0.330 e. The highest BCUT2D eigenvalue weighted by molar-refractivity contribution is 9.10. The molecule has 1 aromatic carbocycles. The molecule has 1 aliphatic carbocycles. The van der Waals surface area contributed by atoms with Crippen LogP contribution < -0.4 is 4.90 Å². The number of carbonyl (C=O) groups excluding carboxylic acids is 1. The van der Waals surface area contributed by atoms with Crippen molar-refractivity contribution in [1.82, 2.24) is 4.90 Å². The smallest absolute Gasteiger partial charge is 0.328 e. The molecular weight excluding hydrogens is 304 g/mol. The summed E-state index contributed by atoms with van der Waals surface area (Å²) < 4.78 is 1.02. The van der Waals surface area contributed by atoms with Gasteiger partial charge in [0.05, 0.1) is 5.69 Å². The summed E-state index contributed by atoms with van der Waals surface area (Å²) in [6, 6.07) is 7.89. The van der Waals surface area contributed by atoms with Gasteiger partial charge in [-0.15, -0.1) is 0 Å². The van der Waals surface area contributed by atoms with Crippen LogP contribution in [0, 0.1) is 0 Å². The van der Waals surface area contributed by atoms with Crippen LogP contribution in [0.4, 0.5) is 10.5 Å². The van der Waals surface area contributed by atoms with Crippen LogP contribution in [0.1, 0.15) is 25.7 Å². The number of amides is 2. The topological polar surface area (TPSA) is 23.6 Å². The number of anilines is 1. The number of hydrogen-bond donors (Lipinski definition) is 0. The molecule has 2 rings (SSSR count). The van der Waals surface area contributed by atoms with E-state index in [4.69, 9.17) is 0 Å². The lowest BCUT2D eigenvalue weighted by molar-refractivity contribution is 0.225. The van der Waals surface area contributed by atoms with Crippen LogP contribution in [0.3, 0.4) is 0 Å². The van der Waals surface area contributed by atoms with Crippen molar-refractivity contribution in [2.24, 2.45) is 0 Å². The first-order chi connectivity index (χ1) is 9.09. The number of urea groups is 1. The van der Waals surface area contributed by atoms with Crippen LogP contribution >= 0.6 is 15.9 Å². The van der Waals surface area contributed by atoms with Crippen molar-refractivity contribution in [3.05, 3.63) is 40.5 Å². The summed E-state index contributed by atoms with van der Waals surface area (Å²) >= 11 is 3.43. The molecule has 0 saturated heterocycles. The molecule has 1 aromatic rings. The zero-order chi connectivity index (χ0) is 13.8. The Morgan fingerprint density at radius 3 is 2.37 bits per heavy atom. The largest absolute Gasteiger partial charge is 0.330 e. The SMILES string of the molecule is CN(C)C(=O)N(C1=CCCCC1)c1ccc(Br)cc1. The lowest BCUT2D eigenvalue weighted by Crippen LogP contribution is -2.39. The molecule has 0 heterocycles. The predicted octanol–water partition coefficient (Wildman–Crippen LogP) is 4.40. The first-order valence-electron chi connectivity index (χ1n) is 6.55. The van der Waals surface area contributed by atoms with Crippen LogP contribution in [-0.4, -0.2) is 25.0 Å². The number of nitrogens with zero attached hydrogens (tertiary/aromatic N) is 2. The van der Waals surface area contributed by atoms with Crippen molar-refractivity contribution < 1.29 is 4.79 Å². The van der Waals surface area contributed by atoms with E-state index in [9.17, 15) is 4.79 Å². The van der Waals surface area contributed by atoms with Gasteiger partial charge in [0.15, 0.2) is 0 Å². The van der Waals surface area contributed by atoms with Gasteiger partial charge in [-0.05, 0) is 49.9 Å². The van der Waals surface area contributed by atoms with Crippen molar-refractivity contribution in [2.45, 2.75) is 25.7 Å². The van der Waals surface area contributed by atoms with E-state index in [2.05, 4.69) is 22.0 Å². The Balaban J connectivity index is 2.36. The van der Waals surface area contributed by atoms with E-state index in [0.717, 1.165) is 35.1 Å². The van der Waals surface area contributed by atoms with Gasteiger partial charge in [-0.1, -0.05) is 22.0 Å². The molecule has 3 nitrogen and oxygen atoms in total. The Morgan fingerprint density at radius 2 is 1.84 bits per heavy atom. The third-order valence-corrected chi connectivity index (χ3v) is 3.74. The number of allylic oxidation sites excluding steroid dienone is 2. The van der Waals surface area contributed by atoms with Gasteiger partial charge in [-0.2, -0.15) is 0 Å². The Bertz CT molecular complexity index is 479. The fourth-order valence-corrected chi connectivity index (χ4v) is 2.48. The van der Waals surface area contributed by atoms with E-state index in [0.29, 0.717) is 0 Å². The maximum Gasteiger partial charge on any atom is 0.328 e. The molecule has 1 aliphatic rings. The summed E-state index contributed by atoms with van der Waals surface area (Å²) in [5.74, 6) is 0. The molecule has 0 fully saturated rings. The standard InChI is InChI=1S/C15H19BrN2O/c1-17(2)15(19)18(13-6-4-3-5-7-13)14-10-8-12(16)9-11-14/h6,8-11H,3-5,7H2,1-2H3. The highest BCUT2D eigenvalue weighted by Crippen LogP contribution is 2.28. The summed E-state index contributed by atoms with van der Waals surface area (Å²) in [4.78, 5) is 15.9. The molecule has 0 saturated carbocycles. The zero-order valence-corrected chi connectivity index (χ0v) is 13.0. The third kappa shape index (κ3) is 3.38. The molecule has 0 spiro atoms. The van der Waals surface area contributed by atoms with E-state index in [1.807, 2.05) is 29.2 Å².